The lowest BCUT2D eigenvalue weighted by Crippen LogP contribution is -2.39. The van der Waals surface area contributed by atoms with Gasteiger partial charge in [0, 0.05) is 24.6 Å². The first-order chi connectivity index (χ1) is 30.1. The van der Waals surface area contributed by atoms with Crippen LogP contribution in [0.5, 0.6) is 0 Å². The van der Waals surface area contributed by atoms with Crippen molar-refractivity contribution < 1.29 is 4.84 Å². The first-order valence-corrected chi connectivity index (χ1v) is 21.7. The fraction of sp³-hybridized carbons (Fsp3) is 0.250. The molecule has 9 nitrogen and oxygen atoms in total. The molecule has 0 saturated carbocycles. The van der Waals surface area contributed by atoms with Crippen LogP contribution in [0.2, 0.25) is 0 Å². The zero-order chi connectivity index (χ0) is 41.2. The lowest BCUT2D eigenvalue weighted by Gasteiger charge is -2.36. The Bertz CT molecular complexity index is 2710. The lowest BCUT2D eigenvalue weighted by molar-refractivity contribution is -0.173. The number of aryl methyl sites for hydroxylation is 1. The highest BCUT2D eigenvalue weighted by molar-refractivity contribution is 5.81. The number of piperidine rings is 1. The molecule has 0 amide bonds. The van der Waals surface area contributed by atoms with Gasteiger partial charge in [-0.3, -0.25) is 14.2 Å². The summed E-state index contributed by atoms with van der Waals surface area (Å²) in [6, 6.07) is 54.8. The second-order valence-electron chi connectivity index (χ2n) is 16.4. The highest BCUT2D eigenvalue weighted by atomic mass is 16.7. The molecule has 2 aliphatic heterocycles. The molecular formula is C52H49N7O2. The molecule has 61 heavy (non-hydrogen) atoms. The van der Waals surface area contributed by atoms with Crippen molar-refractivity contribution in [3.8, 4) is 22.5 Å². The highest BCUT2D eigenvalue weighted by Gasteiger charge is 2.42. The highest BCUT2D eigenvalue weighted by Crippen LogP contribution is 2.44. The molecular weight excluding hydrogens is 755 g/mol. The summed E-state index contributed by atoms with van der Waals surface area (Å²) in [6.07, 6.45) is 7.22. The van der Waals surface area contributed by atoms with E-state index in [4.69, 9.17) is 20.1 Å². The largest absolute Gasteiger partial charge is 0.292 e. The summed E-state index contributed by atoms with van der Waals surface area (Å²) in [5.74, 6) is 1.46. The molecule has 2 saturated heterocycles. The summed E-state index contributed by atoms with van der Waals surface area (Å²) < 4.78 is 3.86. The second kappa shape index (κ2) is 16.8. The van der Waals surface area contributed by atoms with E-state index in [2.05, 4.69) is 139 Å². The number of tetrazole rings is 1. The van der Waals surface area contributed by atoms with Gasteiger partial charge in [-0.05, 0) is 87.2 Å². The zero-order valence-electron chi connectivity index (χ0n) is 34.5. The topological polar surface area (TPSA) is 91.0 Å². The van der Waals surface area contributed by atoms with Crippen LogP contribution in [-0.4, -0.2) is 47.4 Å². The van der Waals surface area contributed by atoms with E-state index in [1.807, 2.05) is 45.6 Å². The molecule has 0 unspecified atom stereocenters. The fourth-order valence-electron chi connectivity index (χ4n) is 9.56. The Hall–Kier alpha value is -6.55. The number of hydroxylamine groups is 2. The Kier molecular flexibility index (Phi) is 10.7. The molecule has 0 radical (unpaired) electrons. The zero-order valence-corrected chi connectivity index (χ0v) is 34.5. The fourth-order valence-corrected chi connectivity index (χ4v) is 9.56. The summed E-state index contributed by atoms with van der Waals surface area (Å²) in [4.78, 5) is 26.0. The normalized spacial score (nSPS) is 16.8. The van der Waals surface area contributed by atoms with E-state index in [9.17, 15) is 4.79 Å². The number of hydrogen-bond donors (Lipinski definition) is 0. The van der Waals surface area contributed by atoms with Crippen molar-refractivity contribution in [1.29, 1.82) is 0 Å². The molecule has 2 fully saturated rings. The number of benzene rings is 6. The molecule has 2 aromatic heterocycles. The van der Waals surface area contributed by atoms with Crippen LogP contribution in [0, 0.1) is 0 Å². The number of fused-ring (bicyclic) bond motifs is 2. The number of unbranched alkanes of at least 4 members (excludes halogenated alkanes) is 1. The monoisotopic (exact) mass is 803 g/mol. The third-order valence-corrected chi connectivity index (χ3v) is 12.6. The van der Waals surface area contributed by atoms with Gasteiger partial charge in [-0.15, -0.1) is 5.10 Å². The van der Waals surface area contributed by atoms with Gasteiger partial charge in [-0.2, -0.15) is 5.06 Å². The maximum atomic E-state index is 14.5. The number of rotatable bonds is 12. The smallest absolute Gasteiger partial charge is 0.261 e. The van der Waals surface area contributed by atoms with E-state index >= 15 is 0 Å². The molecule has 304 valence electrons. The van der Waals surface area contributed by atoms with Gasteiger partial charge in [-0.25, -0.2) is 9.67 Å². The average molecular weight is 804 g/mol. The Morgan fingerprint density at radius 2 is 1.39 bits per heavy atom. The maximum Gasteiger partial charge on any atom is 0.261 e. The van der Waals surface area contributed by atoms with Crippen molar-refractivity contribution in [3.05, 3.63) is 202 Å². The van der Waals surface area contributed by atoms with Crippen LogP contribution in [0.1, 0.15) is 85.2 Å². The van der Waals surface area contributed by atoms with Crippen molar-refractivity contribution in [1.82, 2.24) is 34.8 Å². The van der Waals surface area contributed by atoms with Crippen LogP contribution in [0.4, 0.5) is 0 Å². The summed E-state index contributed by atoms with van der Waals surface area (Å²) in [5, 5.41) is 16.7. The summed E-state index contributed by atoms with van der Waals surface area (Å²) in [6.45, 7) is 3.57. The van der Waals surface area contributed by atoms with E-state index in [0.717, 1.165) is 88.1 Å². The maximum absolute atomic E-state index is 14.5. The summed E-state index contributed by atoms with van der Waals surface area (Å²) in [5.41, 5.74) is 7.98. The van der Waals surface area contributed by atoms with Crippen molar-refractivity contribution in [2.75, 3.05) is 6.54 Å². The minimum absolute atomic E-state index is 0.00587. The van der Waals surface area contributed by atoms with Gasteiger partial charge in [0.25, 0.3) is 5.56 Å². The number of aromatic nitrogens is 6. The second-order valence-corrected chi connectivity index (χ2v) is 16.4. The van der Waals surface area contributed by atoms with Crippen molar-refractivity contribution >= 4 is 10.9 Å². The van der Waals surface area contributed by atoms with E-state index in [-0.39, 0.29) is 11.7 Å². The molecule has 9 heteroatoms. The van der Waals surface area contributed by atoms with Crippen molar-refractivity contribution in [2.45, 2.75) is 76.1 Å². The predicted molar refractivity (Wildman–Crippen MR) is 240 cm³/mol. The van der Waals surface area contributed by atoms with Crippen LogP contribution < -0.4 is 5.56 Å². The Morgan fingerprint density at radius 3 is 2.05 bits per heavy atom. The third kappa shape index (κ3) is 7.17. The average Bonchev–Trinajstić information content (AvgIpc) is 4.00. The number of nitrogens with zero attached hydrogens (tertiary/aromatic N) is 7. The molecule has 6 aromatic carbocycles. The number of hydrogen-bond acceptors (Lipinski definition) is 7. The minimum atomic E-state index is -0.878. The molecule has 4 heterocycles. The van der Waals surface area contributed by atoms with Gasteiger partial charge in [0.2, 0.25) is 0 Å². The van der Waals surface area contributed by atoms with Gasteiger partial charge in [-0.1, -0.05) is 165 Å². The Balaban J connectivity index is 1.02. The van der Waals surface area contributed by atoms with Crippen molar-refractivity contribution in [3.63, 3.8) is 0 Å². The van der Waals surface area contributed by atoms with Gasteiger partial charge < -0.3 is 0 Å². The van der Waals surface area contributed by atoms with E-state index in [1.54, 1.807) is 0 Å². The van der Waals surface area contributed by atoms with E-state index in [0.29, 0.717) is 23.8 Å². The van der Waals surface area contributed by atoms with Crippen molar-refractivity contribution in [2.24, 2.45) is 0 Å². The van der Waals surface area contributed by atoms with E-state index < -0.39 is 5.54 Å². The SMILES string of the molecule is CCCCc1nc2ccc([C@H]3C[C@H]4CCCCN4O3)cc2c(=O)n1Cc1ccc(-c2ccccc2-c2nnnn2C(c2ccccc2)(c2ccccc2)c2ccccc2)cc1. The predicted octanol–water partition coefficient (Wildman–Crippen LogP) is 10.2. The molecule has 0 N–H and O–H groups in total. The van der Waals surface area contributed by atoms with Crippen LogP contribution in [-0.2, 0) is 23.3 Å². The molecule has 8 aromatic rings. The van der Waals surface area contributed by atoms with E-state index in [1.165, 1.54) is 19.3 Å². The van der Waals surface area contributed by atoms with Gasteiger partial charge in [0.15, 0.2) is 5.82 Å². The standard InChI is InChI=1S/C52H49N7O2/c1-2-3-26-49-53-47-32-31-39(48-35-43-23-15-16-33-58(43)61-48)34-46(47)51(60)57(49)36-37-27-29-38(30-28-37)44-24-13-14-25-45(44)50-54-55-56-59(50)52(40-17-7-4-8-18-40,41-19-9-5-10-20-41)42-21-11-6-12-22-42/h4-14,17-22,24-25,27-32,34,43,48H,2-3,15-16,23,26,33,35-36H2,1H3/t43-,48-/m1/s1. The van der Waals surface area contributed by atoms with Gasteiger partial charge >= 0.3 is 0 Å². The molecule has 2 aliphatic rings. The molecule has 0 spiro atoms. The quantitative estimate of drug-likeness (QED) is 0.114. The van der Waals surface area contributed by atoms with Crippen LogP contribution >= 0.6 is 0 Å². The third-order valence-electron chi connectivity index (χ3n) is 12.6. The van der Waals surface area contributed by atoms with Gasteiger partial charge in [0.05, 0.1) is 17.4 Å². The minimum Gasteiger partial charge on any atom is -0.292 e. The Morgan fingerprint density at radius 1 is 0.738 bits per heavy atom. The molecule has 0 bridgehead atoms. The Labute approximate surface area is 356 Å². The van der Waals surface area contributed by atoms with Crippen LogP contribution in [0.3, 0.4) is 0 Å². The molecule has 10 rings (SSSR count). The van der Waals surface area contributed by atoms with Crippen LogP contribution in [0.15, 0.2) is 163 Å². The van der Waals surface area contributed by atoms with Crippen LogP contribution in [0.25, 0.3) is 33.4 Å². The summed E-state index contributed by atoms with van der Waals surface area (Å²) in [7, 11) is 0. The first kappa shape index (κ1) is 38.6. The summed E-state index contributed by atoms with van der Waals surface area (Å²) >= 11 is 0. The molecule has 0 aliphatic carbocycles. The van der Waals surface area contributed by atoms with Gasteiger partial charge in [0.1, 0.15) is 17.5 Å². The molecule has 2 atom stereocenters. The lowest BCUT2D eigenvalue weighted by atomic mass is 9.77. The first-order valence-electron chi connectivity index (χ1n) is 21.7.